The summed E-state index contributed by atoms with van der Waals surface area (Å²) in [4.78, 5) is 37.9. The molecule has 1 aromatic rings. The Morgan fingerprint density at radius 1 is 1.52 bits per heavy atom. The number of aryl methyl sites for hydroxylation is 1. The maximum absolute atomic E-state index is 12.7. The molecule has 1 aliphatic carbocycles. The van der Waals surface area contributed by atoms with Crippen molar-refractivity contribution in [1.29, 1.82) is 0 Å². The van der Waals surface area contributed by atoms with Crippen LogP contribution in [0, 0.1) is 12.8 Å². The Hall–Kier alpha value is -2.38. The van der Waals surface area contributed by atoms with E-state index in [0.29, 0.717) is 12.2 Å². The third-order valence-corrected chi connectivity index (χ3v) is 4.70. The normalized spacial score (nSPS) is 27.4. The predicted octanol–water partition coefficient (Wildman–Crippen LogP) is 1.42. The summed E-state index contributed by atoms with van der Waals surface area (Å²) in [5.41, 5.74) is -0.847. The van der Waals surface area contributed by atoms with Crippen LogP contribution in [0.3, 0.4) is 0 Å². The number of nitrogens with zero attached hydrogens (tertiary/aromatic N) is 2. The summed E-state index contributed by atoms with van der Waals surface area (Å²) >= 11 is 0. The van der Waals surface area contributed by atoms with Crippen LogP contribution >= 0.6 is 0 Å². The highest BCUT2D eigenvalue weighted by atomic mass is 16.5. The fourth-order valence-corrected chi connectivity index (χ4v) is 3.39. The topological polar surface area (TPSA) is 105 Å². The quantitative estimate of drug-likeness (QED) is 0.820. The van der Waals surface area contributed by atoms with Crippen molar-refractivity contribution in [2.75, 3.05) is 11.9 Å². The Labute approximate surface area is 133 Å². The highest BCUT2D eigenvalue weighted by Gasteiger charge is 2.55. The highest BCUT2D eigenvalue weighted by Crippen LogP contribution is 2.38. The van der Waals surface area contributed by atoms with Crippen LogP contribution in [0.15, 0.2) is 10.6 Å². The van der Waals surface area contributed by atoms with Gasteiger partial charge in [-0.15, -0.1) is 0 Å². The lowest BCUT2D eigenvalue weighted by Crippen LogP contribution is -2.54. The van der Waals surface area contributed by atoms with Gasteiger partial charge < -0.3 is 15.2 Å². The highest BCUT2D eigenvalue weighted by molar-refractivity contribution is 6.10. The molecule has 3 rings (SSSR count). The first-order valence-electron chi connectivity index (χ1n) is 7.79. The first-order valence-corrected chi connectivity index (χ1v) is 7.79. The monoisotopic (exact) mass is 320 g/mol. The molecule has 2 fully saturated rings. The molecular weight excluding hydrogens is 300 g/mol. The van der Waals surface area contributed by atoms with Gasteiger partial charge >= 0.3 is 6.03 Å². The van der Waals surface area contributed by atoms with Crippen molar-refractivity contribution in [3.63, 3.8) is 0 Å². The van der Waals surface area contributed by atoms with Gasteiger partial charge in [-0.1, -0.05) is 24.9 Å². The Morgan fingerprint density at radius 2 is 2.30 bits per heavy atom. The van der Waals surface area contributed by atoms with Gasteiger partial charge in [0.2, 0.25) is 5.91 Å². The van der Waals surface area contributed by atoms with Gasteiger partial charge in [-0.05, 0) is 25.7 Å². The van der Waals surface area contributed by atoms with Crippen molar-refractivity contribution in [3.8, 4) is 0 Å². The van der Waals surface area contributed by atoms with Crippen molar-refractivity contribution in [1.82, 2.24) is 15.4 Å². The molecule has 1 aromatic heterocycles. The molecule has 1 aliphatic heterocycles. The molecule has 2 aliphatic rings. The van der Waals surface area contributed by atoms with Crippen LogP contribution in [0.4, 0.5) is 10.6 Å². The molecule has 1 spiro atoms. The van der Waals surface area contributed by atoms with Crippen molar-refractivity contribution in [2.45, 2.75) is 45.1 Å². The second-order valence-electron chi connectivity index (χ2n) is 6.31. The zero-order valence-electron chi connectivity index (χ0n) is 13.2. The van der Waals surface area contributed by atoms with Crippen molar-refractivity contribution >= 4 is 23.7 Å². The summed E-state index contributed by atoms with van der Waals surface area (Å²) in [5.74, 6) is 0.105. The molecule has 8 nitrogen and oxygen atoms in total. The van der Waals surface area contributed by atoms with E-state index in [9.17, 15) is 14.4 Å². The molecule has 8 heteroatoms. The number of amides is 4. The maximum atomic E-state index is 12.7. The molecule has 0 bridgehead atoms. The Bertz CT molecular complexity index is 656. The summed E-state index contributed by atoms with van der Waals surface area (Å²) in [7, 11) is 0. The van der Waals surface area contributed by atoms with Crippen molar-refractivity contribution in [3.05, 3.63) is 11.8 Å². The van der Waals surface area contributed by atoms with Crippen LogP contribution < -0.4 is 10.6 Å². The summed E-state index contributed by atoms with van der Waals surface area (Å²) < 4.78 is 4.86. The van der Waals surface area contributed by atoms with Crippen LogP contribution in [0.1, 0.15) is 38.4 Å². The third kappa shape index (κ3) is 2.69. The van der Waals surface area contributed by atoms with Gasteiger partial charge in [-0.3, -0.25) is 14.5 Å². The summed E-state index contributed by atoms with van der Waals surface area (Å²) in [5, 5.41) is 8.98. The molecule has 0 unspecified atom stereocenters. The average Bonchev–Trinajstić information content (AvgIpc) is 3.00. The minimum atomic E-state index is -0.847. The van der Waals surface area contributed by atoms with Crippen molar-refractivity contribution in [2.24, 2.45) is 5.92 Å². The number of carbonyl (C=O) groups excluding carboxylic acids is 3. The van der Waals surface area contributed by atoms with E-state index in [0.717, 1.165) is 24.2 Å². The van der Waals surface area contributed by atoms with E-state index in [1.165, 1.54) is 0 Å². The standard InChI is InChI=1S/C15H20N4O4/c1-9-5-3-4-6-15(9)13(21)19(14(22)17-15)8-12(20)16-11-7-10(2)23-18-11/h7,9H,3-6,8H2,1-2H3,(H,17,22)(H,16,18,20)/t9-,15-/m1/s1. The van der Waals surface area contributed by atoms with E-state index in [2.05, 4.69) is 15.8 Å². The zero-order valence-corrected chi connectivity index (χ0v) is 13.2. The van der Waals surface area contributed by atoms with E-state index in [1.807, 2.05) is 6.92 Å². The van der Waals surface area contributed by atoms with Gasteiger partial charge in [0.25, 0.3) is 5.91 Å². The van der Waals surface area contributed by atoms with Crippen LogP contribution in [-0.4, -0.2) is 40.0 Å². The number of rotatable bonds is 3. The zero-order chi connectivity index (χ0) is 16.6. The van der Waals surface area contributed by atoms with E-state index in [-0.39, 0.29) is 24.2 Å². The van der Waals surface area contributed by atoms with Crippen LogP contribution in [-0.2, 0) is 9.59 Å². The number of anilines is 1. The average molecular weight is 320 g/mol. The summed E-state index contributed by atoms with van der Waals surface area (Å²) in [6.45, 7) is 3.35. The lowest BCUT2D eigenvalue weighted by molar-refractivity contribution is -0.136. The largest absolute Gasteiger partial charge is 0.360 e. The number of carbonyl (C=O) groups is 3. The van der Waals surface area contributed by atoms with Crippen LogP contribution in [0.5, 0.6) is 0 Å². The Balaban J connectivity index is 1.69. The lowest BCUT2D eigenvalue weighted by Gasteiger charge is -2.36. The third-order valence-electron chi connectivity index (χ3n) is 4.70. The van der Waals surface area contributed by atoms with Gasteiger partial charge in [-0.2, -0.15) is 0 Å². The molecule has 23 heavy (non-hydrogen) atoms. The molecule has 0 aromatic carbocycles. The number of hydrogen-bond donors (Lipinski definition) is 2. The lowest BCUT2D eigenvalue weighted by atomic mass is 9.73. The van der Waals surface area contributed by atoms with E-state index >= 15 is 0 Å². The van der Waals surface area contributed by atoms with Gasteiger partial charge in [0.15, 0.2) is 5.82 Å². The summed E-state index contributed by atoms with van der Waals surface area (Å²) in [6.07, 6.45) is 3.47. The molecule has 1 saturated heterocycles. The fourth-order valence-electron chi connectivity index (χ4n) is 3.39. The molecule has 124 valence electrons. The van der Waals surface area contributed by atoms with E-state index < -0.39 is 17.5 Å². The van der Waals surface area contributed by atoms with Gasteiger partial charge in [0.1, 0.15) is 17.8 Å². The molecule has 2 N–H and O–H groups in total. The number of hydrogen-bond acceptors (Lipinski definition) is 5. The number of urea groups is 1. The van der Waals surface area contributed by atoms with E-state index in [1.54, 1.807) is 13.0 Å². The van der Waals surface area contributed by atoms with Crippen LogP contribution in [0.2, 0.25) is 0 Å². The first-order chi connectivity index (χ1) is 10.9. The summed E-state index contributed by atoms with van der Waals surface area (Å²) in [6, 6.07) is 1.06. The Kier molecular flexibility index (Phi) is 3.83. The van der Waals surface area contributed by atoms with Crippen LogP contribution in [0.25, 0.3) is 0 Å². The minimum absolute atomic E-state index is 0.0685. The number of nitrogens with one attached hydrogen (secondary N) is 2. The number of imide groups is 1. The minimum Gasteiger partial charge on any atom is -0.360 e. The smallest absolute Gasteiger partial charge is 0.325 e. The molecule has 2 atom stereocenters. The van der Waals surface area contributed by atoms with Gasteiger partial charge in [-0.25, -0.2) is 4.79 Å². The molecule has 4 amide bonds. The Morgan fingerprint density at radius 3 is 2.96 bits per heavy atom. The predicted molar refractivity (Wildman–Crippen MR) is 80.5 cm³/mol. The van der Waals surface area contributed by atoms with Gasteiger partial charge in [0.05, 0.1) is 0 Å². The second kappa shape index (κ2) is 5.68. The molecular formula is C15H20N4O4. The maximum Gasteiger partial charge on any atom is 0.325 e. The first kappa shape index (κ1) is 15.5. The molecule has 0 radical (unpaired) electrons. The number of aromatic nitrogens is 1. The van der Waals surface area contributed by atoms with Crippen molar-refractivity contribution < 1.29 is 18.9 Å². The van der Waals surface area contributed by atoms with Gasteiger partial charge in [0, 0.05) is 6.07 Å². The molecule has 1 saturated carbocycles. The second-order valence-corrected chi connectivity index (χ2v) is 6.31. The van der Waals surface area contributed by atoms with E-state index in [4.69, 9.17) is 4.52 Å². The SMILES string of the molecule is Cc1cc(NC(=O)CN2C(=O)N[C@@]3(CCCC[C@H]3C)C2=O)no1. The molecule has 2 heterocycles. The fraction of sp³-hybridized carbons (Fsp3) is 0.600.